The lowest BCUT2D eigenvalue weighted by Gasteiger charge is -2.27. The fourth-order valence-corrected chi connectivity index (χ4v) is 3.85. The van der Waals surface area contributed by atoms with Crippen LogP contribution in [0.4, 0.5) is 0 Å². The van der Waals surface area contributed by atoms with Gasteiger partial charge in [0.05, 0.1) is 18.0 Å². The number of methoxy groups -OCH3 is 1. The molecule has 0 spiro atoms. The van der Waals surface area contributed by atoms with E-state index in [1.54, 1.807) is 49.6 Å². The van der Waals surface area contributed by atoms with Crippen LogP contribution in [0.2, 0.25) is 0 Å². The van der Waals surface area contributed by atoms with Crippen LogP contribution >= 0.6 is 0 Å². The highest BCUT2D eigenvalue weighted by molar-refractivity contribution is 7.89. The number of rotatable bonds is 7. The molecule has 0 aromatic heterocycles. The molecular formula is C18H22N2O4S. The summed E-state index contributed by atoms with van der Waals surface area (Å²) in [5, 5.41) is 2.55. The topological polar surface area (TPSA) is 75.7 Å². The van der Waals surface area contributed by atoms with E-state index >= 15 is 0 Å². The Hall–Kier alpha value is -2.38. The fourth-order valence-electron chi connectivity index (χ4n) is 2.49. The molecule has 0 aliphatic carbocycles. The van der Waals surface area contributed by atoms with E-state index in [9.17, 15) is 13.2 Å². The van der Waals surface area contributed by atoms with E-state index in [2.05, 4.69) is 5.32 Å². The Balaban J connectivity index is 2.41. The molecule has 7 heteroatoms. The van der Waals surface area contributed by atoms with Crippen LogP contribution in [0.1, 0.15) is 18.0 Å². The van der Waals surface area contributed by atoms with Crippen LogP contribution < -0.4 is 10.1 Å². The molecule has 0 saturated carbocycles. The van der Waals surface area contributed by atoms with E-state index in [0.717, 1.165) is 0 Å². The third kappa shape index (κ3) is 4.37. The monoisotopic (exact) mass is 362 g/mol. The largest absolute Gasteiger partial charge is 0.497 e. The third-order valence-corrected chi connectivity index (χ3v) is 5.90. The smallest absolute Gasteiger partial charge is 0.243 e. The molecular weight excluding hydrogens is 340 g/mol. The second-order valence-electron chi connectivity index (χ2n) is 5.50. The summed E-state index contributed by atoms with van der Waals surface area (Å²) in [5.41, 5.74) is 0.714. The van der Waals surface area contributed by atoms with Crippen molar-refractivity contribution >= 4 is 15.9 Å². The minimum Gasteiger partial charge on any atom is -0.497 e. The van der Waals surface area contributed by atoms with Crippen molar-refractivity contribution in [3.8, 4) is 5.75 Å². The molecule has 1 N–H and O–H groups in total. The molecule has 1 amide bonds. The standard InChI is InChI=1S/C18H22N2O4S/c1-19-18(21)13-17(14-9-11-15(24-3)12-10-14)20(2)25(22,23)16-7-5-4-6-8-16/h4-12,17H,13H2,1-3H3,(H,19,21)/t17-/m1/s1. The molecule has 0 heterocycles. The first-order valence-corrected chi connectivity index (χ1v) is 9.21. The number of nitrogens with zero attached hydrogens (tertiary/aromatic N) is 1. The zero-order valence-corrected chi connectivity index (χ0v) is 15.3. The number of sulfonamides is 1. The van der Waals surface area contributed by atoms with Crippen LogP contribution in [0.3, 0.4) is 0 Å². The number of hydrogen-bond donors (Lipinski definition) is 1. The van der Waals surface area contributed by atoms with Gasteiger partial charge >= 0.3 is 0 Å². The maximum absolute atomic E-state index is 12.9. The molecule has 6 nitrogen and oxygen atoms in total. The zero-order valence-electron chi connectivity index (χ0n) is 14.5. The summed E-state index contributed by atoms with van der Waals surface area (Å²) in [4.78, 5) is 12.1. The van der Waals surface area contributed by atoms with Crippen molar-refractivity contribution in [3.05, 3.63) is 60.2 Å². The predicted molar refractivity (Wildman–Crippen MR) is 95.8 cm³/mol. The van der Waals surface area contributed by atoms with Gasteiger partial charge in [-0.25, -0.2) is 8.42 Å². The van der Waals surface area contributed by atoms with E-state index in [1.807, 2.05) is 0 Å². The van der Waals surface area contributed by atoms with Gasteiger partial charge in [0.2, 0.25) is 15.9 Å². The van der Waals surface area contributed by atoms with Crippen molar-refractivity contribution < 1.29 is 17.9 Å². The first-order valence-electron chi connectivity index (χ1n) is 7.77. The van der Waals surface area contributed by atoms with Crippen molar-refractivity contribution in [1.82, 2.24) is 9.62 Å². The van der Waals surface area contributed by atoms with E-state index in [1.165, 1.54) is 30.5 Å². The fraction of sp³-hybridized carbons (Fsp3) is 0.278. The van der Waals surface area contributed by atoms with Crippen LogP contribution in [-0.2, 0) is 14.8 Å². The second-order valence-corrected chi connectivity index (χ2v) is 7.50. The van der Waals surface area contributed by atoms with Crippen LogP contribution in [0.5, 0.6) is 5.75 Å². The molecule has 0 unspecified atom stereocenters. The van der Waals surface area contributed by atoms with Gasteiger partial charge in [0, 0.05) is 20.5 Å². The average Bonchev–Trinajstić information content (AvgIpc) is 2.66. The lowest BCUT2D eigenvalue weighted by atomic mass is 10.0. The van der Waals surface area contributed by atoms with E-state index in [0.29, 0.717) is 11.3 Å². The van der Waals surface area contributed by atoms with Crippen molar-refractivity contribution in [2.45, 2.75) is 17.4 Å². The summed E-state index contributed by atoms with van der Waals surface area (Å²) in [7, 11) is 0.838. The van der Waals surface area contributed by atoms with Crippen molar-refractivity contribution in [3.63, 3.8) is 0 Å². The Bertz CT molecular complexity index is 805. The number of carbonyl (C=O) groups is 1. The van der Waals surface area contributed by atoms with Crippen LogP contribution in [0.15, 0.2) is 59.5 Å². The number of amides is 1. The zero-order chi connectivity index (χ0) is 18.4. The third-order valence-electron chi connectivity index (χ3n) is 4.02. The lowest BCUT2D eigenvalue weighted by Crippen LogP contribution is -2.34. The summed E-state index contributed by atoms with van der Waals surface area (Å²) in [6.07, 6.45) is 0.0192. The molecule has 2 aromatic carbocycles. The summed E-state index contributed by atoms with van der Waals surface area (Å²) in [6.45, 7) is 0. The highest BCUT2D eigenvalue weighted by atomic mass is 32.2. The molecule has 25 heavy (non-hydrogen) atoms. The minimum atomic E-state index is -3.73. The molecule has 2 rings (SSSR count). The van der Waals surface area contributed by atoms with Gasteiger partial charge in [-0.1, -0.05) is 30.3 Å². The maximum Gasteiger partial charge on any atom is 0.243 e. The molecule has 0 saturated heterocycles. The van der Waals surface area contributed by atoms with E-state index in [-0.39, 0.29) is 17.2 Å². The first kappa shape index (κ1) is 19.0. The highest BCUT2D eigenvalue weighted by Crippen LogP contribution is 2.30. The summed E-state index contributed by atoms with van der Waals surface area (Å²) < 4.78 is 32.2. The Morgan fingerprint density at radius 3 is 2.24 bits per heavy atom. The van der Waals surface area contributed by atoms with Crippen LogP contribution in [0.25, 0.3) is 0 Å². The van der Waals surface area contributed by atoms with Gasteiger partial charge in [0.25, 0.3) is 0 Å². The van der Waals surface area contributed by atoms with Gasteiger partial charge in [-0.05, 0) is 29.8 Å². The Morgan fingerprint density at radius 1 is 1.12 bits per heavy atom. The maximum atomic E-state index is 12.9. The Labute approximate surface area is 148 Å². The molecule has 2 aromatic rings. The van der Waals surface area contributed by atoms with Gasteiger partial charge in [0.1, 0.15) is 5.75 Å². The van der Waals surface area contributed by atoms with Gasteiger partial charge in [-0.3, -0.25) is 4.79 Å². The highest BCUT2D eigenvalue weighted by Gasteiger charge is 2.30. The van der Waals surface area contributed by atoms with Crippen molar-refractivity contribution in [1.29, 1.82) is 0 Å². The van der Waals surface area contributed by atoms with Gasteiger partial charge in [0.15, 0.2) is 0 Å². The molecule has 0 aliphatic rings. The molecule has 1 atom stereocenters. The summed E-state index contributed by atoms with van der Waals surface area (Å²) in [6, 6.07) is 14.6. The van der Waals surface area contributed by atoms with Crippen LogP contribution in [0, 0.1) is 0 Å². The van der Waals surface area contributed by atoms with E-state index < -0.39 is 16.1 Å². The summed E-state index contributed by atoms with van der Waals surface area (Å²) in [5.74, 6) is 0.423. The van der Waals surface area contributed by atoms with Crippen molar-refractivity contribution in [2.24, 2.45) is 0 Å². The Morgan fingerprint density at radius 2 is 1.72 bits per heavy atom. The van der Waals surface area contributed by atoms with Gasteiger partial charge in [-0.15, -0.1) is 0 Å². The van der Waals surface area contributed by atoms with Gasteiger partial charge in [-0.2, -0.15) is 4.31 Å². The van der Waals surface area contributed by atoms with E-state index in [4.69, 9.17) is 4.74 Å². The number of carbonyl (C=O) groups excluding carboxylic acids is 1. The molecule has 0 bridgehead atoms. The Kier molecular flexibility index (Phi) is 6.17. The number of benzene rings is 2. The second kappa shape index (κ2) is 8.13. The number of nitrogens with one attached hydrogen (secondary N) is 1. The first-order chi connectivity index (χ1) is 11.9. The number of ether oxygens (including phenoxy) is 1. The van der Waals surface area contributed by atoms with Gasteiger partial charge < -0.3 is 10.1 Å². The minimum absolute atomic E-state index is 0.0192. The van der Waals surface area contributed by atoms with Crippen molar-refractivity contribution in [2.75, 3.05) is 21.2 Å². The molecule has 0 aliphatic heterocycles. The molecule has 0 fully saturated rings. The van der Waals surface area contributed by atoms with Crippen LogP contribution in [-0.4, -0.2) is 39.8 Å². The lowest BCUT2D eigenvalue weighted by molar-refractivity contribution is -0.121. The predicted octanol–water partition coefficient (Wildman–Crippen LogP) is 2.19. The summed E-state index contributed by atoms with van der Waals surface area (Å²) >= 11 is 0. The average molecular weight is 362 g/mol. The molecule has 134 valence electrons. The molecule has 0 radical (unpaired) electrons. The quantitative estimate of drug-likeness (QED) is 0.819. The SMILES string of the molecule is CNC(=O)C[C@H](c1ccc(OC)cc1)N(C)S(=O)(=O)c1ccccc1. The number of hydrogen-bond acceptors (Lipinski definition) is 4. The normalized spacial score (nSPS) is 12.6.